The standard InChI is InChI=1S/C12H26O3/c1-15-10-8-6-4-2-3-5-7-9-12(14)11-13/h12-14H,2-11H2,1H3. The Morgan fingerprint density at radius 2 is 1.47 bits per heavy atom. The number of hydrogen-bond acceptors (Lipinski definition) is 3. The zero-order chi connectivity index (χ0) is 11.4. The summed E-state index contributed by atoms with van der Waals surface area (Å²) in [6.07, 6.45) is 8.65. The van der Waals surface area contributed by atoms with Crippen molar-refractivity contribution in [2.24, 2.45) is 0 Å². The summed E-state index contributed by atoms with van der Waals surface area (Å²) in [5.74, 6) is 0. The Labute approximate surface area is 93.5 Å². The van der Waals surface area contributed by atoms with Crippen LogP contribution in [0.4, 0.5) is 0 Å². The van der Waals surface area contributed by atoms with Gasteiger partial charge in [-0.25, -0.2) is 0 Å². The summed E-state index contributed by atoms with van der Waals surface area (Å²) < 4.78 is 4.97. The molecule has 0 aliphatic carbocycles. The Bertz CT molecular complexity index is 117. The highest BCUT2D eigenvalue weighted by Gasteiger charge is 2.00. The average molecular weight is 218 g/mol. The monoisotopic (exact) mass is 218 g/mol. The number of ether oxygens (including phenoxy) is 1. The van der Waals surface area contributed by atoms with Crippen LogP contribution in [0.3, 0.4) is 0 Å². The van der Waals surface area contributed by atoms with E-state index in [0.717, 1.165) is 19.4 Å². The van der Waals surface area contributed by atoms with E-state index in [4.69, 9.17) is 14.9 Å². The number of methoxy groups -OCH3 is 1. The second kappa shape index (κ2) is 12.0. The molecule has 0 aliphatic rings. The van der Waals surface area contributed by atoms with Crippen LogP contribution in [0.15, 0.2) is 0 Å². The third-order valence-electron chi connectivity index (χ3n) is 2.60. The molecule has 15 heavy (non-hydrogen) atoms. The number of aliphatic hydroxyl groups is 2. The summed E-state index contributed by atoms with van der Waals surface area (Å²) in [7, 11) is 1.74. The molecule has 0 saturated heterocycles. The van der Waals surface area contributed by atoms with E-state index in [0.29, 0.717) is 0 Å². The SMILES string of the molecule is COCCCCCCCCCC(O)CO. The first-order valence-electron chi connectivity index (χ1n) is 6.09. The zero-order valence-corrected chi connectivity index (χ0v) is 9.95. The van der Waals surface area contributed by atoms with Crippen LogP contribution >= 0.6 is 0 Å². The molecule has 0 aromatic heterocycles. The maximum absolute atomic E-state index is 9.09. The van der Waals surface area contributed by atoms with Crippen LogP contribution in [0.25, 0.3) is 0 Å². The van der Waals surface area contributed by atoms with Crippen LogP contribution in [0, 0.1) is 0 Å². The van der Waals surface area contributed by atoms with E-state index in [1.165, 1.54) is 38.5 Å². The lowest BCUT2D eigenvalue weighted by Gasteiger charge is -2.06. The molecule has 0 amide bonds. The van der Waals surface area contributed by atoms with E-state index in [1.54, 1.807) is 7.11 Å². The zero-order valence-electron chi connectivity index (χ0n) is 9.95. The smallest absolute Gasteiger partial charge is 0.0770 e. The van der Waals surface area contributed by atoms with Crippen LogP contribution in [-0.2, 0) is 4.74 Å². The van der Waals surface area contributed by atoms with Gasteiger partial charge in [0, 0.05) is 13.7 Å². The third kappa shape index (κ3) is 11.8. The lowest BCUT2D eigenvalue weighted by atomic mass is 10.1. The molecule has 0 radical (unpaired) electrons. The Balaban J connectivity index is 2.92. The van der Waals surface area contributed by atoms with Gasteiger partial charge in [-0.3, -0.25) is 0 Å². The maximum Gasteiger partial charge on any atom is 0.0770 e. The lowest BCUT2D eigenvalue weighted by molar-refractivity contribution is 0.0860. The van der Waals surface area contributed by atoms with Gasteiger partial charge in [-0.05, 0) is 12.8 Å². The summed E-state index contributed by atoms with van der Waals surface area (Å²) in [6, 6.07) is 0. The van der Waals surface area contributed by atoms with Gasteiger partial charge in [0.2, 0.25) is 0 Å². The Kier molecular flexibility index (Phi) is 11.9. The van der Waals surface area contributed by atoms with Gasteiger partial charge < -0.3 is 14.9 Å². The molecule has 0 bridgehead atoms. The van der Waals surface area contributed by atoms with Crippen molar-refractivity contribution in [1.82, 2.24) is 0 Å². The van der Waals surface area contributed by atoms with Crippen LogP contribution in [-0.4, -0.2) is 36.6 Å². The predicted octanol–water partition coefficient (Wildman–Crippen LogP) is 2.11. The molecule has 0 rings (SSSR count). The van der Waals surface area contributed by atoms with Crippen molar-refractivity contribution in [2.45, 2.75) is 57.5 Å². The molecule has 0 aliphatic heterocycles. The van der Waals surface area contributed by atoms with Crippen LogP contribution < -0.4 is 0 Å². The quantitative estimate of drug-likeness (QED) is 0.522. The summed E-state index contributed by atoms with van der Waals surface area (Å²) in [5, 5.41) is 17.7. The van der Waals surface area contributed by atoms with E-state index in [2.05, 4.69) is 0 Å². The van der Waals surface area contributed by atoms with Crippen molar-refractivity contribution in [2.75, 3.05) is 20.3 Å². The highest BCUT2D eigenvalue weighted by molar-refractivity contribution is 4.53. The first-order chi connectivity index (χ1) is 7.31. The maximum atomic E-state index is 9.09. The van der Waals surface area contributed by atoms with E-state index in [9.17, 15) is 0 Å². The lowest BCUT2D eigenvalue weighted by Crippen LogP contribution is -2.10. The molecule has 0 saturated carbocycles. The van der Waals surface area contributed by atoms with Crippen LogP contribution in [0.1, 0.15) is 51.4 Å². The van der Waals surface area contributed by atoms with Crippen LogP contribution in [0.2, 0.25) is 0 Å². The summed E-state index contributed by atoms with van der Waals surface area (Å²) in [6.45, 7) is 0.777. The minimum absolute atomic E-state index is 0.100. The molecule has 0 heterocycles. The predicted molar refractivity (Wildman–Crippen MR) is 61.9 cm³/mol. The summed E-state index contributed by atoms with van der Waals surface area (Å²) in [5.41, 5.74) is 0. The largest absolute Gasteiger partial charge is 0.394 e. The Morgan fingerprint density at radius 1 is 0.933 bits per heavy atom. The molecule has 0 spiro atoms. The van der Waals surface area contributed by atoms with Crippen molar-refractivity contribution in [1.29, 1.82) is 0 Å². The molecule has 1 unspecified atom stereocenters. The minimum atomic E-state index is -0.508. The Morgan fingerprint density at radius 3 is 2.00 bits per heavy atom. The highest BCUT2D eigenvalue weighted by Crippen LogP contribution is 2.09. The molecule has 0 aromatic rings. The second-order valence-electron chi connectivity index (χ2n) is 4.09. The fourth-order valence-electron chi connectivity index (χ4n) is 1.60. The molecule has 3 heteroatoms. The van der Waals surface area contributed by atoms with Crippen LogP contribution in [0.5, 0.6) is 0 Å². The average Bonchev–Trinajstić information content (AvgIpc) is 2.26. The first kappa shape index (κ1) is 14.9. The van der Waals surface area contributed by atoms with E-state index in [1.807, 2.05) is 0 Å². The van der Waals surface area contributed by atoms with Gasteiger partial charge in [0.15, 0.2) is 0 Å². The van der Waals surface area contributed by atoms with Gasteiger partial charge in [0.05, 0.1) is 12.7 Å². The topological polar surface area (TPSA) is 49.7 Å². The van der Waals surface area contributed by atoms with Gasteiger partial charge >= 0.3 is 0 Å². The van der Waals surface area contributed by atoms with E-state index >= 15 is 0 Å². The Hall–Kier alpha value is -0.120. The molecule has 0 fully saturated rings. The summed E-state index contributed by atoms with van der Waals surface area (Å²) in [4.78, 5) is 0. The fourth-order valence-corrected chi connectivity index (χ4v) is 1.60. The van der Waals surface area contributed by atoms with E-state index in [-0.39, 0.29) is 6.61 Å². The highest BCUT2D eigenvalue weighted by atomic mass is 16.5. The third-order valence-corrected chi connectivity index (χ3v) is 2.60. The van der Waals surface area contributed by atoms with Crippen molar-refractivity contribution >= 4 is 0 Å². The van der Waals surface area contributed by atoms with Gasteiger partial charge in [-0.1, -0.05) is 38.5 Å². The molecular weight excluding hydrogens is 192 g/mol. The van der Waals surface area contributed by atoms with Gasteiger partial charge in [0.25, 0.3) is 0 Å². The number of rotatable bonds is 11. The summed E-state index contributed by atoms with van der Waals surface area (Å²) >= 11 is 0. The molecule has 2 N–H and O–H groups in total. The molecule has 1 atom stereocenters. The molecular formula is C12H26O3. The number of unbranched alkanes of at least 4 members (excludes halogenated alkanes) is 6. The van der Waals surface area contributed by atoms with Gasteiger partial charge in [-0.2, -0.15) is 0 Å². The second-order valence-corrected chi connectivity index (χ2v) is 4.09. The normalized spacial score (nSPS) is 13.0. The molecule has 0 aromatic carbocycles. The van der Waals surface area contributed by atoms with Crippen molar-refractivity contribution in [3.8, 4) is 0 Å². The van der Waals surface area contributed by atoms with Crippen molar-refractivity contribution in [3.63, 3.8) is 0 Å². The van der Waals surface area contributed by atoms with Crippen molar-refractivity contribution < 1.29 is 14.9 Å². The number of aliphatic hydroxyl groups excluding tert-OH is 2. The van der Waals surface area contributed by atoms with Gasteiger partial charge in [0.1, 0.15) is 0 Å². The van der Waals surface area contributed by atoms with Crippen molar-refractivity contribution in [3.05, 3.63) is 0 Å². The van der Waals surface area contributed by atoms with Gasteiger partial charge in [-0.15, -0.1) is 0 Å². The van der Waals surface area contributed by atoms with E-state index < -0.39 is 6.10 Å². The first-order valence-corrected chi connectivity index (χ1v) is 6.09. The number of hydrogen-bond donors (Lipinski definition) is 2. The molecule has 92 valence electrons. The molecule has 3 nitrogen and oxygen atoms in total. The fraction of sp³-hybridized carbons (Fsp3) is 1.00. The minimum Gasteiger partial charge on any atom is -0.394 e.